The Morgan fingerprint density at radius 2 is 0.857 bits per heavy atom. The fourth-order valence-electron chi connectivity index (χ4n) is 9.72. The maximum atomic E-state index is 5.79. The van der Waals surface area contributed by atoms with Crippen LogP contribution in [0.15, 0.2) is 185 Å². The third-order valence-electron chi connectivity index (χ3n) is 13.0. The molecule has 0 N–H and O–H groups in total. The van der Waals surface area contributed by atoms with Gasteiger partial charge in [-0.2, -0.15) is 0 Å². The average molecular weight is 850 g/mol. The standard InChI is InChI=1S/C56H47N3O2Si2/c1-62(2,3)40-16-9-14-38(34-40)56(39-15-10-17-41(35-39)63(4,5)6)48-22-8-7-18-47(48)52-42(19-11-23-49(52)56)36-26-28-37(29-27-36)53-57-54(45-20-12-24-50-43(45)30-32-60-50)59-55(58-53)46-21-13-25-51-44(46)31-33-61-51/h7-35H,1-6H3. The van der Waals surface area contributed by atoms with Crippen molar-refractivity contribution in [2.75, 3.05) is 0 Å². The van der Waals surface area contributed by atoms with Crippen LogP contribution < -0.4 is 10.4 Å². The monoisotopic (exact) mass is 849 g/mol. The van der Waals surface area contributed by atoms with Crippen molar-refractivity contribution < 1.29 is 8.83 Å². The van der Waals surface area contributed by atoms with Crippen molar-refractivity contribution in [3.05, 3.63) is 199 Å². The first kappa shape index (κ1) is 38.9. The molecule has 3 aromatic heterocycles. The Morgan fingerprint density at radius 1 is 0.397 bits per heavy atom. The predicted molar refractivity (Wildman–Crippen MR) is 264 cm³/mol. The van der Waals surface area contributed by atoms with Gasteiger partial charge in [-0.3, -0.25) is 0 Å². The van der Waals surface area contributed by atoms with Gasteiger partial charge in [-0.05, 0) is 68.8 Å². The van der Waals surface area contributed by atoms with Gasteiger partial charge in [-0.25, -0.2) is 15.0 Å². The third kappa shape index (κ3) is 6.37. The highest BCUT2D eigenvalue weighted by Crippen LogP contribution is 2.58. The van der Waals surface area contributed by atoms with Crippen molar-refractivity contribution in [2.45, 2.75) is 44.7 Å². The fraction of sp³-hybridized carbons (Fsp3) is 0.125. The molecule has 7 heteroatoms. The predicted octanol–water partition coefficient (Wildman–Crippen LogP) is 13.5. The second-order valence-electron chi connectivity index (χ2n) is 18.8. The van der Waals surface area contributed by atoms with Gasteiger partial charge >= 0.3 is 0 Å². The average Bonchev–Trinajstić information content (AvgIpc) is 4.06. The molecule has 10 aromatic rings. The number of fused-ring (bicyclic) bond motifs is 5. The SMILES string of the molecule is C[Si](C)(C)c1cccc(C2(c3cccc([Si](C)(C)C)c3)c3ccccc3-c3c(-c4ccc(-c5nc(-c6cccc7occc67)nc(-c6cccc7occc67)n5)cc4)cccc32)c1. The van der Waals surface area contributed by atoms with E-state index < -0.39 is 21.6 Å². The molecule has 1 aliphatic rings. The molecular formula is C56H47N3O2Si2. The summed E-state index contributed by atoms with van der Waals surface area (Å²) in [5, 5.41) is 4.83. The van der Waals surface area contributed by atoms with Gasteiger partial charge in [0.05, 0.1) is 34.1 Å². The number of aromatic nitrogens is 3. The minimum absolute atomic E-state index is 0.499. The van der Waals surface area contributed by atoms with Crippen LogP contribution in [0.25, 0.3) is 78.4 Å². The Bertz CT molecular complexity index is 3240. The lowest BCUT2D eigenvalue weighted by Gasteiger charge is -2.36. The van der Waals surface area contributed by atoms with Gasteiger partial charge in [0.15, 0.2) is 17.5 Å². The Morgan fingerprint density at radius 3 is 1.43 bits per heavy atom. The molecule has 0 spiro atoms. The van der Waals surface area contributed by atoms with E-state index in [4.69, 9.17) is 23.8 Å². The molecule has 0 fully saturated rings. The van der Waals surface area contributed by atoms with Gasteiger partial charge in [0, 0.05) is 27.5 Å². The highest BCUT2D eigenvalue weighted by Gasteiger charge is 2.47. The summed E-state index contributed by atoms with van der Waals surface area (Å²) in [6, 6.07) is 59.7. The normalized spacial score (nSPS) is 13.4. The molecule has 0 saturated carbocycles. The maximum absolute atomic E-state index is 5.79. The number of nitrogens with zero attached hydrogens (tertiary/aromatic N) is 3. The van der Waals surface area contributed by atoms with Crippen molar-refractivity contribution >= 4 is 48.5 Å². The molecule has 306 valence electrons. The van der Waals surface area contributed by atoms with E-state index in [1.165, 1.54) is 49.3 Å². The van der Waals surface area contributed by atoms with Crippen LogP contribution in [0.1, 0.15) is 22.3 Å². The van der Waals surface area contributed by atoms with Gasteiger partial charge in [0.2, 0.25) is 0 Å². The lowest BCUT2D eigenvalue weighted by atomic mass is 9.67. The highest BCUT2D eigenvalue weighted by molar-refractivity contribution is 6.89. The van der Waals surface area contributed by atoms with Crippen LogP contribution in [0.5, 0.6) is 0 Å². The van der Waals surface area contributed by atoms with Gasteiger partial charge in [0.25, 0.3) is 0 Å². The zero-order valence-corrected chi connectivity index (χ0v) is 38.4. The first-order valence-corrected chi connectivity index (χ1v) is 28.7. The Balaban J connectivity index is 1.09. The van der Waals surface area contributed by atoms with Crippen molar-refractivity contribution in [3.8, 4) is 56.4 Å². The third-order valence-corrected chi connectivity index (χ3v) is 17.0. The number of rotatable bonds is 8. The first-order chi connectivity index (χ1) is 30.5. The minimum Gasteiger partial charge on any atom is -0.464 e. The summed E-state index contributed by atoms with van der Waals surface area (Å²) in [7, 11) is -3.30. The van der Waals surface area contributed by atoms with Gasteiger partial charge in [0.1, 0.15) is 11.2 Å². The Kier molecular flexibility index (Phi) is 9.01. The van der Waals surface area contributed by atoms with Crippen LogP contribution in [0.3, 0.4) is 0 Å². The van der Waals surface area contributed by atoms with E-state index in [0.29, 0.717) is 17.5 Å². The lowest BCUT2D eigenvalue weighted by Crippen LogP contribution is -2.41. The highest BCUT2D eigenvalue weighted by atomic mass is 28.3. The Hall–Kier alpha value is -6.94. The molecule has 0 radical (unpaired) electrons. The van der Waals surface area contributed by atoms with E-state index in [1.54, 1.807) is 12.5 Å². The summed E-state index contributed by atoms with van der Waals surface area (Å²) in [5.74, 6) is 1.75. The van der Waals surface area contributed by atoms with E-state index in [1.807, 2.05) is 48.5 Å². The van der Waals surface area contributed by atoms with E-state index in [0.717, 1.165) is 44.2 Å². The molecule has 5 nitrogen and oxygen atoms in total. The van der Waals surface area contributed by atoms with Crippen molar-refractivity contribution in [1.29, 1.82) is 0 Å². The van der Waals surface area contributed by atoms with Crippen LogP contribution in [0.2, 0.25) is 39.3 Å². The molecule has 0 bridgehead atoms. The number of hydrogen-bond donors (Lipinski definition) is 0. The van der Waals surface area contributed by atoms with Crippen molar-refractivity contribution in [2.24, 2.45) is 0 Å². The zero-order valence-electron chi connectivity index (χ0n) is 36.4. The summed E-state index contributed by atoms with van der Waals surface area (Å²) in [6.07, 6.45) is 3.42. The minimum atomic E-state index is -1.65. The topological polar surface area (TPSA) is 65.0 Å². The van der Waals surface area contributed by atoms with E-state index >= 15 is 0 Å². The van der Waals surface area contributed by atoms with E-state index in [2.05, 4.69) is 155 Å². The smallest absolute Gasteiger partial charge is 0.164 e. The first-order valence-electron chi connectivity index (χ1n) is 21.7. The maximum Gasteiger partial charge on any atom is 0.164 e. The van der Waals surface area contributed by atoms with Crippen LogP contribution >= 0.6 is 0 Å². The van der Waals surface area contributed by atoms with Crippen LogP contribution in [0.4, 0.5) is 0 Å². The molecule has 0 aliphatic heterocycles. The van der Waals surface area contributed by atoms with Crippen molar-refractivity contribution in [1.82, 2.24) is 15.0 Å². The summed E-state index contributed by atoms with van der Waals surface area (Å²) in [4.78, 5) is 15.4. The molecule has 0 amide bonds. The molecular weight excluding hydrogens is 803 g/mol. The van der Waals surface area contributed by atoms with E-state index in [9.17, 15) is 0 Å². The van der Waals surface area contributed by atoms with Crippen LogP contribution in [-0.4, -0.2) is 31.1 Å². The van der Waals surface area contributed by atoms with Gasteiger partial charge in [-0.15, -0.1) is 0 Å². The van der Waals surface area contributed by atoms with Gasteiger partial charge in [-0.1, -0.05) is 189 Å². The molecule has 1 aliphatic carbocycles. The zero-order chi connectivity index (χ0) is 43.1. The summed E-state index contributed by atoms with van der Waals surface area (Å²) < 4.78 is 11.6. The Labute approximate surface area is 370 Å². The second-order valence-corrected chi connectivity index (χ2v) is 29.0. The lowest BCUT2D eigenvalue weighted by molar-refractivity contribution is 0.615. The molecule has 0 unspecified atom stereocenters. The summed E-state index contributed by atoms with van der Waals surface area (Å²) in [5.41, 5.74) is 13.9. The number of benzene rings is 7. The molecule has 0 atom stereocenters. The molecule has 11 rings (SSSR count). The number of hydrogen-bond acceptors (Lipinski definition) is 5. The summed E-state index contributed by atoms with van der Waals surface area (Å²) >= 11 is 0. The van der Waals surface area contributed by atoms with Crippen LogP contribution in [0, 0.1) is 0 Å². The van der Waals surface area contributed by atoms with E-state index in [-0.39, 0.29) is 0 Å². The van der Waals surface area contributed by atoms with Gasteiger partial charge < -0.3 is 8.83 Å². The molecule has 63 heavy (non-hydrogen) atoms. The molecule has 3 heterocycles. The fourth-order valence-corrected chi connectivity index (χ4v) is 12.1. The quantitative estimate of drug-likeness (QED) is 0.143. The van der Waals surface area contributed by atoms with Crippen LogP contribution in [-0.2, 0) is 5.41 Å². The second kappa shape index (κ2) is 14.6. The largest absolute Gasteiger partial charge is 0.464 e. The summed E-state index contributed by atoms with van der Waals surface area (Å²) in [6.45, 7) is 14.7. The molecule has 7 aromatic carbocycles. The molecule has 0 saturated heterocycles. The van der Waals surface area contributed by atoms with Crippen molar-refractivity contribution in [3.63, 3.8) is 0 Å². The number of furan rings is 2.